The first-order valence-corrected chi connectivity index (χ1v) is 5.82. The lowest BCUT2D eigenvalue weighted by atomic mass is 9.65. The first-order chi connectivity index (χ1) is 7.49. The van der Waals surface area contributed by atoms with Gasteiger partial charge in [-0.2, -0.15) is 0 Å². The molecule has 15 heavy (non-hydrogen) atoms. The van der Waals surface area contributed by atoms with Crippen LogP contribution >= 0.6 is 0 Å². The van der Waals surface area contributed by atoms with Gasteiger partial charge in [0, 0.05) is 12.5 Å². The Bertz CT molecular complexity index is 269. The van der Waals surface area contributed by atoms with E-state index in [1.165, 1.54) is 0 Å². The van der Waals surface area contributed by atoms with Crippen LogP contribution in [-0.4, -0.2) is 37.6 Å². The van der Waals surface area contributed by atoms with Crippen LogP contribution in [-0.2, 0) is 9.47 Å². The number of fused-ring (bicyclic) bond motifs is 1. The molecule has 2 rings (SSSR count). The smallest absolute Gasteiger partial charge is 0.211 e. The van der Waals surface area contributed by atoms with Crippen molar-refractivity contribution in [2.75, 3.05) is 7.11 Å². The number of methoxy groups -OCH3 is 1. The highest BCUT2D eigenvalue weighted by molar-refractivity contribution is 5.11. The summed E-state index contributed by atoms with van der Waals surface area (Å²) < 4.78 is 19.0. The minimum atomic E-state index is -0.509. The molecule has 4 atom stereocenters. The molecule has 0 aromatic rings. The van der Waals surface area contributed by atoms with E-state index in [0.717, 1.165) is 19.3 Å². The van der Waals surface area contributed by atoms with Crippen LogP contribution in [0, 0.1) is 5.41 Å². The lowest BCUT2D eigenvalue weighted by Gasteiger charge is -2.44. The average molecular weight is 216 g/mol. The quantitative estimate of drug-likeness (QED) is 0.764. The third kappa shape index (κ3) is 1.37. The van der Waals surface area contributed by atoms with Gasteiger partial charge in [-0.1, -0.05) is 13.8 Å². The van der Waals surface area contributed by atoms with E-state index in [-0.39, 0.29) is 23.7 Å². The first-order valence-electron chi connectivity index (χ1n) is 6.23. The highest BCUT2D eigenvalue weighted by atomic mass is 16.6. The summed E-state index contributed by atoms with van der Waals surface area (Å²) >= 11 is 0. The van der Waals surface area contributed by atoms with E-state index in [4.69, 9.17) is 16.0 Å². The molecule has 0 radical (unpaired) electrons. The molecule has 1 heterocycles. The molecule has 1 saturated carbocycles. The topological polar surface area (TPSA) is 38.7 Å². The van der Waals surface area contributed by atoms with Crippen molar-refractivity contribution in [3.8, 4) is 0 Å². The summed E-state index contributed by atoms with van der Waals surface area (Å²) in [4.78, 5) is 0. The van der Waals surface area contributed by atoms with Crippen LogP contribution in [0.25, 0.3) is 0 Å². The van der Waals surface area contributed by atoms with E-state index < -0.39 is 5.60 Å². The molecule has 2 aliphatic rings. The summed E-state index contributed by atoms with van der Waals surface area (Å²) in [6.45, 7) is 6.32. The monoisotopic (exact) mass is 216 g/mol. The Morgan fingerprint density at radius 3 is 2.87 bits per heavy atom. The van der Waals surface area contributed by atoms with Crippen LogP contribution in [0.3, 0.4) is 0 Å². The normalized spacial score (nSPS) is 49.9. The van der Waals surface area contributed by atoms with E-state index in [1.54, 1.807) is 7.11 Å². The molecule has 1 unspecified atom stereocenters. The minimum Gasteiger partial charge on any atom is -0.386 e. The fourth-order valence-corrected chi connectivity index (χ4v) is 3.02. The Hall–Kier alpha value is -0.120. The van der Waals surface area contributed by atoms with Crippen molar-refractivity contribution in [2.45, 2.75) is 63.9 Å². The van der Waals surface area contributed by atoms with E-state index in [2.05, 4.69) is 20.8 Å². The molecule has 3 nitrogen and oxygen atoms in total. The molecule has 0 amide bonds. The summed E-state index contributed by atoms with van der Waals surface area (Å²) in [5.41, 5.74) is -0.651. The lowest BCUT2D eigenvalue weighted by Crippen LogP contribution is -2.56. The molecule has 0 aromatic heterocycles. The van der Waals surface area contributed by atoms with Crippen molar-refractivity contribution in [3.05, 3.63) is 0 Å². The summed E-state index contributed by atoms with van der Waals surface area (Å²) in [5, 5.41) is 5.17. The Morgan fingerprint density at radius 1 is 1.53 bits per heavy atom. The maximum absolute atomic E-state index is 7.49. The first kappa shape index (κ1) is 10.1. The molecule has 88 valence electrons. The fraction of sp³-hybridized carbons (Fsp3) is 1.00. The zero-order valence-electron chi connectivity index (χ0n) is 11.1. The van der Waals surface area contributed by atoms with E-state index >= 15 is 0 Å². The second-order valence-corrected chi connectivity index (χ2v) is 5.48. The van der Waals surface area contributed by atoms with Crippen molar-refractivity contribution in [2.24, 2.45) is 5.41 Å². The largest absolute Gasteiger partial charge is 0.386 e. The fourth-order valence-electron chi connectivity index (χ4n) is 3.02. The van der Waals surface area contributed by atoms with Crippen molar-refractivity contribution in [1.29, 1.82) is 1.43 Å². The second kappa shape index (κ2) is 3.44. The van der Waals surface area contributed by atoms with Gasteiger partial charge in [0.25, 0.3) is 0 Å². The van der Waals surface area contributed by atoms with Crippen molar-refractivity contribution in [1.82, 2.24) is 0 Å². The number of hydrogen-bond donors (Lipinski definition) is 1. The molecule has 1 N–H and O–H groups in total. The third-order valence-electron chi connectivity index (χ3n) is 4.59. The molecule has 3 heteroatoms. The van der Waals surface area contributed by atoms with Crippen molar-refractivity contribution in [3.63, 3.8) is 0 Å². The van der Waals surface area contributed by atoms with E-state index in [0.29, 0.717) is 0 Å². The zero-order valence-corrected chi connectivity index (χ0v) is 10.1. The summed E-state index contributed by atoms with van der Waals surface area (Å²) in [5.74, 6) is 0. The molecule has 1 aliphatic heterocycles. The second-order valence-electron chi connectivity index (χ2n) is 5.48. The third-order valence-corrected chi connectivity index (χ3v) is 4.59. The van der Waals surface area contributed by atoms with Crippen molar-refractivity contribution >= 4 is 0 Å². The van der Waals surface area contributed by atoms with Crippen LogP contribution in [0.4, 0.5) is 0 Å². The van der Waals surface area contributed by atoms with Gasteiger partial charge in [-0.3, -0.25) is 0 Å². The predicted molar refractivity (Wildman–Crippen MR) is 57.7 cm³/mol. The van der Waals surface area contributed by atoms with Gasteiger partial charge in [0.05, 0.1) is 12.2 Å². The summed E-state index contributed by atoms with van der Waals surface area (Å²) in [6, 6.07) is 0. The molecule has 0 aromatic carbocycles. The number of aliphatic hydroxyl groups is 1. The highest BCUT2D eigenvalue weighted by Gasteiger charge is 2.62. The average Bonchev–Trinajstić information content (AvgIpc) is 2.48. The molecule has 1 saturated heterocycles. The van der Waals surface area contributed by atoms with Gasteiger partial charge in [-0.05, 0) is 26.2 Å². The van der Waals surface area contributed by atoms with Gasteiger partial charge in [-0.25, -0.2) is 0 Å². The van der Waals surface area contributed by atoms with Gasteiger partial charge in [0.2, 0.25) is 1.43 Å². The van der Waals surface area contributed by atoms with Crippen LogP contribution in [0.1, 0.15) is 40.0 Å². The van der Waals surface area contributed by atoms with Gasteiger partial charge >= 0.3 is 0 Å². The van der Waals surface area contributed by atoms with Gasteiger partial charge in [0.1, 0.15) is 11.7 Å². The summed E-state index contributed by atoms with van der Waals surface area (Å²) in [6.07, 6.45) is 2.97. The highest BCUT2D eigenvalue weighted by Crippen LogP contribution is 2.52. The predicted octanol–water partition coefficient (Wildman–Crippen LogP) is 1.73. The molecule has 2 fully saturated rings. The Kier molecular flexibility index (Phi) is 2.31. The minimum absolute atomic E-state index is 0.0586. The molecule has 0 bridgehead atoms. The van der Waals surface area contributed by atoms with Gasteiger partial charge in [-0.15, -0.1) is 0 Å². The Balaban J connectivity index is 2.37. The van der Waals surface area contributed by atoms with Gasteiger partial charge in [0.15, 0.2) is 0 Å². The molecule has 0 spiro atoms. The van der Waals surface area contributed by atoms with E-state index in [1.807, 2.05) is 0 Å². The van der Waals surface area contributed by atoms with E-state index in [9.17, 15) is 0 Å². The summed E-state index contributed by atoms with van der Waals surface area (Å²) in [7, 11) is 1.71. The number of ether oxygens (including phenoxy) is 2. The maximum Gasteiger partial charge on any atom is 0.211 e. The Morgan fingerprint density at radius 2 is 2.27 bits per heavy atom. The Labute approximate surface area is 93.3 Å². The van der Waals surface area contributed by atoms with Crippen molar-refractivity contribution < 1.29 is 14.6 Å². The van der Waals surface area contributed by atoms with Crippen LogP contribution < -0.4 is 0 Å². The standard InChI is InChI=1S/C12H22O3/c1-8-11(2,3)12(13)7-5-6-9(14-4)10(12)15-8/h8-10,13H,5-7H2,1-4H3/t8?,9-,10+,12-/m0/s1/i13T. The van der Waals surface area contributed by atoms with Crippen LogP contribution in [0.15, 0.2) is 0 Å². The van der Waals surface area contributed by atoms with Gasteiger partial charge < -0.3 is 14.6 Å². The molecular formula is C12H22O3. The maximum atomic E-state index is 7.49. The molecule has 1 aliphatic carbocycles. The number of rotatable bonds is 2. The van der Waals surface area contributed by atoms with Crippen LogP contribution in [0.2, 0.25) is 0 Å². The lowest BCUT2D eigenvalue weighted by molar-refractivity contribution is -0.153. The number of hydrogen-bond acceptors (Lipinski definition) is 3. The molecular weight excluding hydrogens is 192 g/mol. The zero-order chi connectivity index (χ0) is 12.0. The van der Waals surface area contributed by atoms with Crippen LogP contribution in [0.5, 0.6) is 0 Å². The SMILES string of the molecule is [3H]O[C@@]12CCC[C@H](OC)[C@H]1OC(C)C2(C)C.